The molecule has 1 aromatic rings. The van der Waals surface area contributed by atoms with Gasteiger partial charge in [-0.25, -0.2) is 0 Å². The van der Waals surface area contributed by atoms with Gasteiger partial charge in [0.1, 0.15) is 5.75 Å². The van der Waals surface area contributed by atoms with E-state index in [1.807, 2.05) is 12.1 Å². The lowest BCUT2D eigenvalue weighted by molar-refractivity contribution is 0.378. The first-order valence-corrected chi connectivity index (χ1v) is 8.16. The zero-order valence-electron chi connectivity index (χ0n) is 12.8. The van der Waals surface area contributed by atoms with Gasteiger partial charge in [0.2, 0.25) is 0 Å². The molecule has 0 radical (unpaired) electrons. The van der Waals surface area contributed by atoms with Crippen LogP contribution in [0.4, 0.5) is 0 Å². The molecule has 1 aliphatic rings. The third-order valence-corrected chi connectivity index (χ3v) is 4.57. The molecule has 0 bridgehead atoms. The predicted molar refractivity (Wildman–Crippen MR) is 85.1 cm³/mol. The Bertz CT molecular complexity index is 366. The van der Waals surface area contributed by atoms with Gasteiger partial charge in [-0.1, -0.05) is 50.7 Å². The molecule has 112 valence electrons. The van der Waals surface area contributed by atoms with Crippen LogP contribution < -0.4 is 10.5 Å². The highest BCUT2D eigenvalue weighted by Gasteiger charge is 2.15. The van der Waals surface area contributed by atoms with Gasteiger partial charge in [0.15, 0.2) is 0 Å². The lowest BCUT2D eigenvalue weighted by Crippen LogP contribution is -2.24. The van der Waals surface area contributed by atoms with Gasteiger partial charge in [0.05, 0.1) is 7.11 Å². The minimum atomic E-state index is 0.361. The zero-order valence-corrected chi connectivity index (χ0v) is 12.8. The number of aryl methyl sites for hydroxylation is 1. The molecule has 0 heterocycles. The molecule has 0 spiro atoms. The Morgan fingerprint density at radius 2 is 1.75 bits per heavy atom. The monoisotopic (exact) mass is 275 g/mol. The van der Waals surface area contributed by atoms with E-state index < -0.39 is 0 Å². The molecule has 1 saturated carbocycles. The van der Waals surface area contributed by atoms with E-state index >= 15 is 0 Å². The zero-order chi connectivity index (χ0) is 14.2. The van der Waals surface area contributed by atoms with Gasteiger partial charge in [-0.05, 0) is 42.9 Å². The van der Waals surface area contributed by atoms with Crippen molar-refractivity contribution in [3.63, 3.8) is 0 Å². The summed E-state index contributed by atoms with van der Waals surface area (Å²) in [7, 11) is 1.71. The molecule has 20 heavy (non-hydrogen) atoms. The third kappa shape index (κ3) is 5.16. The summed E-state index contributed by atoms with van der Waals surface area (Å²) in [5.41, 5.74) is 7.70. The number of hydrogen-bond donors (Lipinski definition) is 1. The Labute approximate surface area is 123 Å². The van der Waals surface area contributed by atoms with E-state index in [4.69, 9.17) is 10.5 Å². The molecule has 2 N–H and O–H groups in total. The second-order valence-corrected chi connectivity index (χ2v) is 6.24. The molecule has 0 aliphatic heterocycles. The Hall–Kier alpha value is -1.02. The van der Waals surface area contributed by atoms with E-state index in [1.165, 1.54) is 50.5 Å². The van der Waals surface area contributed by atoms with Crippen LogP contribution in [0.15, 0.2) is 24.3 Å². The van der Waals surface area contributed by atoms with Crippen molar-refractivity contribution in [3.8, 4) is 5.75 Å². The van der Waals surface area contributed by atoms with E-state index in [1.54, 1.807) is 7.11 Å². The average Bonchev–Trinajstić information content (AvgIpc) is 2.74. The summed E-state index contributed by atoms with van der Waals surface area (Å²) in [6, 6.07) is 8.73. The predicted octanol–water partition coefficient (Wildman–Crippen LogP) is 4.32. The first kappa shape index (κ1) is 15.4. The van der Waals surface area contributed by atoms with E-state index in [0.29, 0.717) is 6.04 Å². The molecule has 1 aromatic carbocycles. The molecular weight excluding hydrogens is 246 g/mol. The van der Waals surface area contributed by atoms with Crippen molar-refractivity contribution in [3.05, 3.63) is 29.8 Å². The second-order valence-electron chi connectivity index (χ2n) is 6.24. The number of nitrogens with two attached hydrogens (primary N) is 1. The number of hydrogen-bond acceptors (Lipinski definition) is 2. The Morgan fingerprint density at radius 1 is 1.10 bits per heavy atom. The van der Waals surface area contributed by atoms with Crippen molar-refractivity contribution < 1.29 is 4.74 Å². The van der Waals surface area contributed by atoms with Crippen LogP contribution in [-0.2, 0) is 6.42 Å². The summed E-state index contributed by atoms with van der Waals surface area (Å²) >= 11 is 0. The van der Waals surface area contributed by atoms with Crippen LogP contribution in [0.1, 0.15) is 56.9 Å². The van der Waals surface area contributed by atoms with Crippen LogP contribution >= 0.6 is 0 Å². The summed E-state index contributed by atoms with van der Waals surface area (Å²) in [6.07, 6.45) is 11.9. The molecule has 1 atom stereocenters. The molecule has 0 aromatic heterocycles. The molecule has 2 heteroatoms. The van der Waals surface area contributed by atoms with Gasteiger partial charge in [0.25, 0.3) is 0 Å². The topological polar surface area (TPSA) is 35.2 Å². The molecule has 1 unspecified atom stereocenters. The first-order valence-electron chi connectivity index (χ1n) is 8.16. The lowest BCUT2D eigenvalue weighted by Gasteiger charge is -2.19. The molecule has 1 fully saturated rings. The molecule has 1 aliphatic carbocycles. The van der Waals surface area contributed by atoms with Gasteiger partial charge in [-0.3, -0.25) is 0 Å². The van der Waals surface area contributed by atoms with Crippen molar-refractivity contribution in [2.24, 2.45) is 11.7 Å². The SMILES string of the molecule is COc1ccc(CCC(N)CC2CCCCCC2)cc1. The van der Waals surface area contributed by atoms with Crippen molar-refractivity contribution in [1.82, 2.24) is 0 Å². The summed E-state index contributed by atoms with van der Waals surface area (Å²) in [5.74, 6) is 1.81. The number of methoxy groups -OCH3 is 1. The molecule has 0 amide bonds. The summed E-state index contributed by atoms with van der Waals surface area (Å²) < 4.78 is 5.18. The van der Waals surface area contributed by atoms with E-state index in [2.05, 4.69) is 12.1 Å². The van der Waals surface area contributed by atoms with Crippen molar-refractivity contribution in [2.75, 3.05) is 7.11 Å². The van der Waals surface area contributed by atoms with Crippen LogP contribution in [0.5, 0.6) is 5.75 Å². The summed E-state index contributed by atoms with van der Waals surface area (Å²) in [6.45, 7) is 0. The maximum atomic E-state index is 6.33. The maximum Gasteiger partial charge on any atom is 0.118 e. The van der Waals surface area contributed by atoms with E-state index in [0.717, 1.165) is 24.5 Å². The molecule has 2 nitrogen and oxygen atoms in total. The molecule has 2 rings (SSSR count). The van der Waals surface area contributed by atoms with Gasteiger partial charge >= 0.3 is 0 Å². The van der Waals surface area contributed by atoms with Crippen LogP contribution in [0.2, 0.25) is 0 Å². The number of benzene rings is 1. The molecular formula is C18H29NO. The van der Waals surface area contributed by atoms with Gasteiger partial charge in [-0.15, -0.1) is 0 Å². The average molecular weight is 275 g/mol. The standard InChI is InChI=1S/C18H29NO/c1-20-18-12-9-15(10-13-18)8-11-17(19)14-16-6-4-2-3-5-7-16/h9-10,12-13,16-17H,2-8,11,14,19H2,1H3. The maximum absolute atomic E-state index is 6.33. The highest BCUT2D eigenvalue weighted by Crippen LogP contribution is 2.27. The first-order chi connectivity index (χ1) is 9.78. The minimum absolute atomic E-state index is 0.361. The van der Waals surface area contributed by atoms with Crippen molar-refractivity contribution in [2.45, 2.75) is 63.8 Å². The Kier molecular flexibility index (Phi) is 6.38. The van der Waals surface area contributed by atoms with Gasteiger partial charge in [-0.2, -0.15) is 0 Å². The van der Waals surface area contributed by atoms with Gasteiger partial charge < -0.3 is 10.5 Å². The van der Waals surface area contributed by atoms with Crippen LogP contribution in [0.3, 0.4) is 0 Å². The fraction of sp³-hybridized carbons (Fsp3) is 0.667. The van der Waals surface area contributed by atoms with Crippen molar-refractivity contribution in [1.29, 1.82) is 0 Å². The van der Waals surface area contributed by atoms with E-state index in [9.17, 15) is 0 Å². The number of rotatable bonds is 6. The van der Waals surface area contributed by atoms with Crippen LogP contribution in [0, 0.1) is 5.92 Å². The Morgan fingerprint density at radius 3 is 2.35 bits per heavy atom. The number of ether oxygens (including phenoxy) is 1. The quantitative estimate of drug-likeness (QED) is 0.785. The summed E-state index contributed by atoms with van der Waals surface area (Å²) in [5, 5.41) is 0. The summed E-state index contributed by atoms with van der Waals surface area (Å²) in [4.78, 5) is 0. The Balaban J connectivity index is 1.71. The van der Waals surface area contributed by atoms with Gasteiger partial charge in [0, 0.05) is 6.04 Å². The fourth-order valence-electron chi connectivity index (χ4n) is 3.29. The van der Waals surface area contributed by atoms with Crippen LogP contribution in [-0.4, -0.2) is 13.2 Å². The highest BCUT2D eigenvalue weighted by molar-refractivity contribution is 5.27. The second kappa shape index (κ2) is 8.31. The van der Waals surface area contributed by atoms with Crippen molar-refractivity contribution >= 4 is 0 Å². The highest BCUT2D eigenvalue weighted by atomic mass is 16.5. The van der Waals surface area contributed by atoms with Crippen LogP contribution in [0.25, 0.3) is 0 Å². The third-order valence-electron chi connectivity index (χ3n) is 4.57. The van der Waals surface area contributed by atoms with E-state index in [-0.39, 0.29) is 0 Å². The molecule has 0 saturated heterocycles. The fourth-order valence-corrected chi connectivity index (χ4v) is 3.29. The lowest BCUT2D eigenvalue weighted by atomic mass is 9.90. The minimum Gasteiger partial charge on any atom is -0.497 e. The largest absolute Gasteiger partial charge is 0.497 e. The smallest absolute Gasteiger partial charge is 0.118 e. The normalized spacial score (nSPS) is 18.5.